The summed E-state index contributed by atoms with van der Waals surface area (Å²) in [6, 6.07) is 7.63. The molecular weight excluding hydrogens is 251 g/mol. The largest absolute Gasteiger partial charge is 0.497 e. The molecule has 1 aromatic rings. The van der Waals surface area contributed by atoms with Crippen LogP contribution in [-0.4, -0.2) is 21.3 Å². The van der Waals surface area contributed by atoms with Crippen LogP contribution in [0.4, 0.5) is 0 Å². The highest BCUT2D eigenvalue weighted by Gasteiger charge is 2.17. The van der Waals surface area contributed by atoms with E-state index in [1.807, 2.05) is 24.3 Å². The summed E-state index contributed by atoms with van der Waals surface area (Å²) in [6.07, 6.45) is 0. The number of benzene rings is 1. The molecule has 0 amide bonds. The highest BCUT2D eigenvalue weighted by Crippen LogP contribution is 2.62. The van der Waals surface area contributed by atoms with Gasteiger partial charge < -0.3 is 13.8 Å². The van der Waals surface area contributed by atoms with Crippen molar-refractivity contribution in [2.45, 2.75) is 4.90 Å². The summed E-state index contributed by atoms with van der Waals surface area (Å²) < 4.78 is 15.4. The van der Waals surface area contributed by atoms with Crippen molar-refractivity contribution in [3.05, 3.63) is 24.3 Å². The fourth-order valence-electron chi connectivity index (χ4n) is 0.915. The monoisotopic (exact) mass is 264 g/mol. The molecule has 3 nitrogen and oxygen atoms in total. The molecule has 0 fully saturated rings. The average Bonchev–Trinajstić information content (AvgIpc) is 2.30. The topological polar surface area (TPSA) is 27.7 Å². The zero-order valence-corrected chi connectivity index (χ0v) is 11.3. The molecule has 0 aliphatic heterocycles. The quantitative estimate of drug-likeness (QED) is 0.761. The van der Waals surface area contributed by atoms with Crippen molar-refractivity contribution in [3.63, 3.8) is 0 Å². The minimum atomic E-state index is -2.22. The third-order valence-electron chi connectivity index (χ3n) is 1.72. The van der Waals surface area contributed by atoms with Gasteiger partial charge in [0.05, 0.1) is 7.11 Å². The fraction of sp³-hybridized carbons (Fsp3) is 0.333. The van der Waals surface area contributed by atoms with Crippen LogP contribution in [0.1, 0.15) is 0 Å². The Bertz CT molecular complexity index is 345. The van der Waals surface area contributed by atoms with E-state index in [9.17, 15) is 0 Å². The van der Waals surface area contributed by atoms with E-state index in [1.165, 1.54) is 11.4 Å². The van der Waals surface area contributed by atoms with Crippen LogP contribution in [0, 0.1) is 0 Å². The van der Waals surface area contributed by atoms with Crippen LogP contribution in [0.5, 0.6) is 5.75 Å². The van der Waals surface area contributed by atoms with Crippen LogP contribution in [0.25, 0.3) is 0 Å². The normalized spacial score (nSPS) is 11.4. The first kappa shape index (κ1) is 13.0. The molecule has 84 valence electrons. The Morgan fingerprint density at radius 3 is 2.00 bits per heavy atom. The summed E-state index contributed by atoms with van der Waals surface area (Å²) in [5.74, 6) is 0.822. The second-order valence-corrected chi connectivity index (χ2v) is 8.98. The van der Waals surface area contributed by atoms with Crippen molar-refractivity contribution in [1.82, 2.24) is 0 Å². The summed E-state index contributed by atoms with van der Waals surface area (Å²) in [4.78, 5) is 1.02. The highest BCUT2D eigenvalue weighted by molar-refractivity contribution is 8.67. The van der Waals surface area contributed by atoms with Gasteiger partial charge in [0.2, 0.25) is 0 Å². The van der Waals surface area contributed by atoms with Crippen molar-refractivity contribution in [1.29, 1.82) is 0 Å². The van der Waals surface area contributed by atoms with Crippen LogP contribution >= 0.6 is 17.1 Å². The maximum Gasteiger partial charge on any atom is 0.251 e. The first-order chi connectivity index (χ1) is 7.13. The molecular formula is C9H13O3PS2. The number of methoxy groups -OCH3 is 1. The zero-order chi connectivity index (χ0) is 11.3. The predicted molar refractivity (Wildman–Crippen MR) is 67.2 cm³/mol. The van der Waals surface area contributed by atoms with E-state index in [4.69, 9.17) is 25.6 Å². The van der Waals surface area contributed by atoms with Crippen molar-refractivity contribution in [2.75, 3.05) is 21.3 Å². The molecule has 0 aromatic heterocycles. The van der Waals surface area contributed by atoms with Crippen molar-refractivity contribution >= 4 is 28.9 Å². The SMILES string of the molecule is COc1ccc(SP(=S)(OC)OC)cc1. The molecule has 0 spiro atoms. The van der Waals surface area contributed by atoms with Crippen LogP contribution in [0.15, 0.2) is 29.2 Å². The first-order valence-corrected chi connectivity index (χ1v) is 8.24. The minimum absolute atomic E-state index is 0.822. The molecule has 0 aliphatic carbocycles. The van der Waals surface area contributed by atoms with Gasteiger partial charge in [0.25, 0.3) is 5.69 Å². The van der Waals surface area contributed by atoms with Gasteiger partial charge in [-0.25, -0.2) is 0 Å². The van der Waals surface area contributed by atoms with E-state index in [0.717, 1.165) is 10.6 Å². The lowest BCUT2D eigenvalue weighted by Gasteiger charge is -2.16. The standard InChI is InChI=1S/C9H13O3PS2/c1-10-8-4-6-9(7-5-8)15-13(14,11-2)12-3/h4-7H,1-3H3. The summed E-state index contributed by atoms with van der Waals surface area (Å²) in [6.45, 7) is 0. The maximum absolute atomic E-state index is 5.25. The van der Waals surface area contributed by atoms with Crippen LogP contribution < -0.4 is 4.74 Å². The molecule has 0 N–H and O–H groups in total. The molecule has 0 atom stereocenters. The lowest BCUT2D eigenvalue weighted by Crippen LogP contribution is -1.84. The van der Waals surface area contributed by atoms with Crippen molar-refractivity contribution in [2.24, 2.45) is 0 Å². The molecule has 0 aliphatic rings. The number of hydrogen-bond donors (Lipinski definition) is 0. The average molecular weight is 264 g/mol. The Balaban J connectivity index is 2.76. The molecule has 6 heteroatoms. The molecule has 1 rings (SSSR count). The van der Waals surface area contributed by atoms with E-state index < -0.39 is 5.69 Å². The Hall–Kier alpha value is -0.0600. The van der Waals surface area contributed by atoms with E-state index >= 15 is 0 Å². The molecule has 0 radical (unpaired) electrons. The molecule has 0 heterocycles. The number of rotatable bonds is 5. The minimum Gasteiger partial charge on any atom is -0.497 e. The molecule has 15 heavy (non-hydrogen) atoms. The van der Waals surface area contributed by atoms with Gasteiger partial charge in [-0.1, -0.05) is 0 Å². The Kier molecular flexibility index (Phi) is 5.09. The fourth-order valence-corrected chi connectivity index (χ4v) is 4.09. The summed E-state index contributed by atoms with van der Waals surface area (Å²) in [5.41, 5.74) is -2.22. The molecule has 0 unspecified atom stereocenters. The Morgan fingerprint density at radius 1 is 1.07 bits per heavy atom. The van der Waals surface area contributed by atoms with Crippen LogP contribution in [0.3, 0.4) is 0 Å². The predicted octanol–water partition coefficient (Wildman–Crippen LogP) is 3.30. The molecule has 0 saturated heterocycles. The van der Waals surface area contributed by atoms with Crippen LogP contribution in [0.2, 0.25) is 0 Å². The lowest BCUT2D eigenvalue weighted by atomic mass is 10.3. The second-order valence-electron chi connectivity index (χ2n) is 2.58. The maximum atomic E-state index is 5.25. The Labute approximate surface area is 99.0 Å². The smallest absolute Gasteiger partial charge is 0.251 e. The van der Waals surface area contributed by atoms with E-state index in [2.05, 4.69) is 0 Å². The third kappa shape index (κ3) is 3.78. The second kappa shape index (κ2) is 5.87. The van der Waals surface area contributed by atoms with Crippen molar-refractivity contribution in [3.8, 4) is 5.75 Å². The van der Waals surface area contributed by atoms with Gasteiger partial charge in [-0.2, -0.15) is 0 Å². The Morgan fingerprint density at radius 2 is 1.60 bits per heavy atom. The zero-order valence-electron chi connectivity index (χ0n) is 8.80. The van der Waals surface area contributed by atoms with Gasteiger partial charge in [-0.3, -0.25) is 0 Å². The van der Waals surface area contributed by atoms with Gasteiger partial charge >= 0.3 is 0 Å². The number of hydrogen-bond acceptors (Lipinski definition) is 5. The first-order valence-electron chi connectivity index (χ1n) is 4.18. The highest BCUT2D eigenvalue weighted by atomic mass is 32.9. The van der Waals surface area contributed by atoms with Gasteiger partial charge in [0.15, 0.2) is 0 Å². The third-order valence-corrected chi connectivity index (χ3v) is 7.09. The van der Waals surface area contributed by atoms with Gasteiger partial charge in [0.1, 0.15) is 5.75 Å². The van der Waals surface area contributed by atoms with E-state index in [0.29, 0.717) is 0 Å². The van der Waals surface area contributed by atoms with E-state index in [1.54, 1.807) is 21.3 Å². The molecule has 1 aromatic carbocycles. The summed E-state index contributed by atoms with van der Waals surface area (Å²) >= 11 is 6.68. The van der Waals surface area contributed by atoms with Gasteiger partial charge in [-0.15, -0.1) is 0 Å². The summed E-state index contributed by atoms with van der Waals surface area (Å²) in [5, 5.41) is 0. The van der Waals surface area contributed by atoms with Crippen molar-refractivity contribution < 1.29 is 13.8 Å². The van der Waals surface area contributed by atoms with E-state index in [-0.39, 0.29) is 0 Å². The van der Waals surface area contributed by atoms with Crippen LogP contribution in [-0.2, 0) is 20.9 Å². The lowest BCUT2D eigenvalue weighted by molar-refractivity contribution is 0.354. The summed E-state index contributed by atoms with van der Waals surface area (Å²) in [7, 11) is 4.78. The molecule has 0 saturated carbocycles. The molecule has 0 bridgehead atoms. The van der Waals surface area contributed by atoms with Gasteiger partial charge in [0, 0.05) is 19.1 Å². The van der Waals surface area contributed by atoms with Gasteiger partial charge in [-0.05, 0) is 47.5 Å². The number of ether oxygens (including phenoxy) is 1.